The standard InChI is InChI=1S/C15H33NO5Si/c1-6-21-10-9-16-14-11-13(7-8-15(14)17)12(2)22(18-3,19-4)20-5/h12-17H,6-11H2,1-5H3. The Bertz CT molecular complexity index is 295. The molecule has 2 N–H and O–H groups in total. The third-order valence-corrected chi connectivity index (χ3v) is 8.12. The summed E-state index contributed by atoms with van der Waals surface area (Å²) in [6.45, 7) is 6.28. The van der Waals surface area contributed by atoms with Crippen LogP contribution in [0.3, 0.4) is 0 Å². The minimum atomic E-state index is -2.64. The summed E-state index contributed by atoms with van der Waals surface area (Å²) in [5, 5.41) is 13.6. The van der Waals surface area contributed by atoms with Gasteiger partial charge < -0.3 is 28.4 Å². The molecule has 0 radical (unpaired) electrons. The molecule has 0 saturated heterocycles. The summed E-state index contributed by atoms with van der Waals surface area (Å²) < 4.78 is 22.2. The molecule has 4 unspecified atom stereocenters. The van der Waals surface area contributed by atoms with Gasteiger partial charge >= 0.3 is 8.80 Å². The molecule has 1 aliphatic carbocycles. The van der Waals surface area contributed by atoms with Crippen molar-refractivity contribution in [2.24, 2.45) is 5.92 Å². The summed E-state index contributed by atoms with van der Waals surface area (Å²) in [7, 11) is 2.34. The fourth-order valence-corrected chi connectivity index (χ4v) is 5.91. The highest BCUT2D eigenvalue weighted by Gasteiger charge is 2.49. The Morgan fingerprint density at radius 3 is 2.36 bits per heavy atom. The molecule has 6 nitrogen and oxygen atoms in total. The van der Waals surface area contributed by atoms with Crippen LogP contribution in [0.15, 0.2) is 0 Å². The fourth-order valence-electron chi connectivity index (χ4n) is 3.42. The molecule has 0 aliphatic heterocycles. The minimum absolute atomic E-state index is 0.0962. The van der Waals surface area contributed by atoms with Crippen molar-refractivity contribution in [1.29, 1.82) is 0 Å². The Morgan fingerprint density at radius 1 is 1.18 bits per heavy atom. The second-order valence-electron chi connectivity index (χ2n) is 5.90. The highest BCUT2D eigenvalue weighted by molar-refractivity contribution is 6.62. The highest BCUT2D eigenvalue weighted by Crippen LogP contribution is 2.40. The van der Waals surface area contributed by atoms with E-state index in [1.807, 2.05) is 6.92 Å². The van der Waals surface area contributed by atoms with Crippen LogP contribution >= 0.6 is 0 Å². The molecular weight excluding hydrogens is 302 g/mol. The molecule has 7 heteroatoms. The number of hydrogen-bond donors (Lipinski definition) is 2. The van der Waals surface area contributed by atoms with Crippen molar-refractivity contribution in [2.75, 3.05) is 41.1 Å². The number of nitrogens with one attached hydrogen (secondary N) is 1. The van der Waals surface area contributed by atoms with Gasteiger partial charge in [0.25, 0.3) is 0 Å². The summed E-state index contributed by atoms with van der Waals surface area (Å²) in [4.78, 5) is 0. The smallest absolute Gasteiger partial charge is 0.392 e. The summed E-state index contributed by atoms with van der Waals surface area (Å²) in [5.74, 6) is 0.416. The SMILES string of the molecule is CCOCCNC1CC(C(C)[Si](OC)(OC)OC)CCC1O. The fraction of sp³-hybridized carbons (Fsp3) is 1.00. The predicted octanol–water partition coefficient (Wildman–Crippen LogP) is 1.41. The van der Waals surface area contributed by atoms with Crippen LogP contribution < -0.4 is 5.32 Å². The van der Waals surface area contributed by atoms with E-state index in [0.29, 0.717) is 12.5 Å². The number of aliphatic hydroxyl groups is 1. The van der Waals surface area contributed by atoms with Crippen molar-refractivity contribution in [1.82, 2.24) is 5.32 Å². The number of rotatable bonds is 10. The van der Waals surface area contributed by atoms with Crippen LogP contribution in [-0.2, 0) is 18.0 Å². The van der Waals surface area contributed by atoms with Crippen LogP contribution in [-0.4, -0.2) is 67.1 Å². The Balaban J connectivity index is 2.60. The monoisotopic (exact) mass is 335 g/mol. The van der Waals surface area contributed by atoms with E-state index in [-0.39, 0.29) is 17.7 Å². The molecule has 22 heavy (non-hydrogen) atoms. The average molecular weight is 336 g/mol. The molecule has 1 saturated carbocycles. The second-order valence-corrected chi connectivity index (χ2v) is 9.25. The van der Waals surface area contributed by atoms with Crippen LogP contribution in [0.5, 0.6) is 0 Å². The van der Waals surface area contributed by atoms with Gasteiger partial charge in [0, 0.05) is 46.1 Å². The van der Waals surface area contributed by atoms with Gasteiger partial charge in [-0.05, 0) is 32.1 Å². The zero-order valence-electron chi connectivity index (χ0n) is 14.6. The lowest BCUT2D eigenvalue weighted by Crippen LogP contribution is -2.52. The first-order valence-corrected chi connectivity index (χ1v) is 9.99. The maximum Gasteiger partial charge on any atom is 0.503 e. The molecule has 1 rings (SSSR count). The van der Waals surface area contributed by atoms with Crippen molar-refractivity contribution in [3.05, 3.63) is 0 Å². The van der Waals surface area contributed by atoms with Gasteiger partial charge in [-0.15, -0.1) is 0 Å². The summed E-state index contributed by atoms with van der Waals surface area (Å²) in [5.41, 5.74) is 0.205. The molecule has 0 heterocycles. The third kappa shape index (κ3) is 4.99. The molecule has 132 valence electrons. The third-order valence-electron chi connectivity index (χ3n) is 4.83. The predicted molar refractivity (Wildman–Crippen MR) is 87.8 cm³/mol. The van der Waals surface area contributed by atoms with Crippen LogP contribution in [0.4, 0.5) is 0 Å². The van der Waals surface area contributed by atoms with Gasteiger partial charge in [-0.3, -0.25) is 0 Å². The van der Waals surface area contributed by atoms with Crippen molar-refractivity contribution < 1.29 is 23.1 Å². The molecule has 0 aromatic heterocycles. The van der Waals surface area contributed by atoms with E-state index in [2.05, 4.69) is 12.2 Å². The van der Waals surface area contributed by atoms with Crippen molar-refractivity contribution in [3.8, 4) is 0 Å². The first-order chi connectivity index (χ1) is 10.5. The first-order valence-electron chi connectivity index (χ1n) is 8.19. The number of aliphatic hydroxyl groups excluding tert-OH is 1. The molecule has 0 aromatic rings. The molecule has 0 amide bonds. The Hall–Kier alpha value is -0.0231. The van der Waals surface area contributed by atoms with E-state index >= 15 is 0 Å². The average Bonchev–Trinajstić information content (AvgIpc) is 2.55. The number of ether oxygens (including phenoxy) is 1. The van der Waals surface area contributed by atoms with Crippen molar-refractivity contribution in [3.63, 3.8) is 0 Å². The van der Waals surface area contributed by atoms with E-state index < -0.39 is 8.80 Å². The zero-order chi connectivity index (χ0) is 16.6. The highest BCUT2D eigenvalue weighted by atomic mass is 28.4. The molecule has 1 aliphatic rings. The van der Waals surface area contributed by atoms with Gasteiger partial charge in [0.1, 0.15) is 0 Å². The quantitative estimate of drug-likeness (QED) is 0.465. The minimum Gasteiger partial charge on any atom is -0.392 e. The summed E-state index contributed by atoms with van der Waals surface area (Å²) in [6, 6.07) is 0.0962. The molecule has 0 bridgehead atoms. The lowest BCUT2D eigenvalue weighted by molar-refractivity contribution is 0.0484. The van der Waals surface area contributed by atoms with Gasteiger partial charge in [0.15, 0.2) is 0 Å². The largest absolute Gasteiger partial charge is 0.503 e. The van der Waals surface area contributed by atoms with Gasteiger partial charge in [0.2, 0.25) is 0 Å². The van der Waals surface area contributed by atoms with E-state index in [1.54, 1.807) is 21.3 Å². The van der Waals surface area contributed by atoms with Gasteiger partial charge in [-0.25, -0.2) is 0 Å². The van der Waals surface area contributed by atoms with Crippen molar-refractivity contribution >= 4 is 8.80 Å². The second kappa shape index (κ2) is 9.97. The van der Waals surface area contributed by atoms with Crippen LogP contribution in [0, 0.1) is 5.92 Å². The van der Waals surface area contributed by atoms with E-state index in [9.17, 15) is 5.11 Å². The summed E-state index contributed by atoms with van der Waals surface area (Å²) in [6.07, 6.45) is 2.37. The first kappa shape index (κ1) is 20.0. The van der Waals surface area contributed by atoms with Gasteiger partial charge in [-0.2, -0.15) is 0 Å². The lowest BCUT2D eigenvalue weighted by Gasteiger charge is -2.40. The normalized spacial score (nSPS) is 27.8. The van der Waals surface area contributed by atoms with Crippen LogP contribution in [0.25, 0.3) is 0 Å². The Kier molecular flexibility index (Phi) is 9.07. The maximum atomic E-state index is 10.2. The van der Waals surface area contributed by atoms with Gasteiger partial charge in [0.05, 0.1) is 12.7 Å². The molecule has 4 atom stereocenters. The molecular formula is C15H33NO5Si. The van der Waals surface area contributed by atoms with Crippen LogP contribution in [0.1, 0.15) is 33.1 Å². The molecule has 0 spiro atoms. The Morgan fingerprint density at radius 2 is 1.82 bits per heavy atom. The van der Waals surface area contributed by atoms with Crippen LogP contribution in [0.2, 0.25) is 5.54 Å². The van der Waals surface area contributed by atoms with Gasteiger partial charge in [-0.1, -0.05) is 6.92 Å². The number of hydrogen-bond acceptors (Lipinski definition) is 6. The van der Waals surface area contributed by atoms with Crippen molar-refractivity contribution in [2.45, 2.75) is 50.8 Å². The topological polar surface area (TPSA) is 69.2 Å². The molecule has 1 fully saturated rings. The molecule has 0 aromatic carbocycles. The van der Waals surface area contributed by atoms with E-state index in [1.165, 1.54) is 0 Å². The Labute approximate surface area is 135 Å². The lowest BCUT2D eigenvalue weighted by atomic mass is 9.82. The van der Waals surface area contributed by atoms with E-state index in [4.69, 9.17) is 18.0 Å². The zero-order valence-corrected chi connectivity index (χ0v) is 15.6. The van der Waals surface area contributed by atoms with E-state index in [0.717, 1.165) is 32.4 Å². The summed E-state index contributed by atoms with van der Waals surface area (Å²) >= 11 is 0. The maximum absolute atomic E-state index is 10.2.